The van der Waals surface area contributed by atoms with Crippen LogP contribution in [0, 0.1) is 0 Å². The van der Waals surface area contributed by atoms with Crippen LogP contribution in [0.2, 0.25) is 0 Å². The Kier molecular flexibility index (Phi) is 6.50. The Morgan fingerprint density at radius 2 is 1.68 bits per heavy atom. The molecule has 0 atom stereocenters. The molecule has 0 radical (unpaired) electrons. The van der Waals surface area contributed by atoms with Gasteiger partial charge < -0.3 is 24.2 Å². The van der Waals surface area contributed by atoms with E-state index in [9.17, 15) is 9.90 Å². The number of carboxylic acid groups (broad SMARTS) is 1. The van der Waals surface area contributed by atoms with Gasteiger partial charge in [-0.3, -0.25) is 0 Å². The second-order valence-corrected chi connectivity index (χ2v) is 8.58. The number of fused-ring (bicyclic) bond motifs is 2. The second-order valence-electron chi connectivity index (χ2n) is 8.58. The minimum Gasteiger partial charge on any atom is -0.490 e. The molecule has 0 aliphatic carbocycles. The summed E-state index contributed by atoms with van der Waals surface area (Å²) >= 11 is 0. The second kappa shape index (κ2) is 9.51. The van der Waals surface area contributed by atoms with Crippen molar-refractivity contribution in [1.29, 1.82) is 0 Å². The molecule has 0 amide bonds. The third-order valence-corrected chi connectivity index (χ3v) is 5.75. The number of rotatable bonds is 8. The molecular formula is C28H29NO5. The van der Waals surface area contributed by atoms with E-state index < -0.39 is 11.6 Å². The molecule has 1 aliphatic rings. The van der Waals surface area contributed by atoms with E-state index in [2.05, 4.69) is 36.9 Å². The highest BCUT2D eigenvalue weighted by atomic mass is 16.5. The SMILES string of the molecule is CCN1c2ccccc2Oc2ccc(/C(C)=C/COc3ccc(OC(C)(C)C(=O)O)cc3)cc21. The molecule has 3 aromatic carbocycles. The molecule has 3 aromatic rings. The predicted octanol–water partition coefficient (Wildman–Crippen LogP) is 6.67. The highest BCUT2D eigenvalue weighted by Gasteiger charge is 2.29. The van der Waals surface area contributed by atoms with Crippen molar-refractivity contribution in [2.45, 2.75) is 33.3 Å². The monoisotopic (exact) mass is 459 g/mol. The summed E-state index contributed by atoms with van der Waals surface area (Å²) in [5.41, 5.74) is 3.02. The topological polar surface area (TPSA) is 68.2 Å². The van der Waals surface area contributed by atoms with Gasteiger partial charge in [-0.05, 0) is 93.4 Å². The average molecular weight is 460 g/mol. The number of carbonyl (C=O) groups is 1. The molecule has 6 nitrogen and oxygen atoms in total. The Hall–Kier alpha value is -3.93. The Morgan fingerprint density at radius 3 is 2.38 bits per heavy atom. The largest absolute Gasteiger partial charge is 0.490 e. The number of para-hydroxylation sites is 2. The molecule has 1 heterocycles. The number of ether oxygens (including phenoxy) is 3. The van der Waals surface area contributed by atoms with E-state index >= 15 is 0 Å². The van der Waals surface area contributed by atoms with Crippen LogP contribution in [-0.2, 0) is 4.79 Å². The van der Waals surface area contributed by atoms with Gasteiger partial charge in [0.15, 0.2) is 17.1 Å². The first-order valence-electron chi connectivity index (χ1n) is 11.3. The third kappa shape index (κ3) is 4.86. The minimum absolute atomic E-state index is 0.403. The van der Waals surface area contributed by atoms with E-state index in [0.29, 0.717) is 18.1 Å². The third-order valence-electron chi connectivity index (χ3n) is 5.75. The van der Waals surface area contributed by atoms with E-state index in [0.717, 1.165) is 40.6 Å². The fourth-order valence-electron chi connectivity index (χ4n) is 3.74. The van der Waals surface area contributed by atoms with Crippen molar-refractivity contribution in [2.75, 3.05) is 18.1 Å². The summed E-state index contributed by atoms with van der Waals surface area (Å²) in [4.78, 5) is 13.5. The highest BCUT2D eigenvalue weighted by Crippen LogP contribution is 2.47. The normalized spacial score (nSPS) is 12.9. The zero-order valence-electron chi connectivity index (χ0n) is 19.9. The lowest BCUT2D eigenvalue weighted by Gasteiger charge is -2.32. The first-order valence-corrected chi connectivity index (χ1v) is 11.3. The fraction of sp³-hybridized carbons (Fsp3) is 0.250. The van der Waals surface area contributed by atoms with E-state index in [1.807, 2.05) is 30.3 Å². The van der Waals surface area contributed by atoms with Crippen LogP contribution in [0.15, 0.2) is 72.8 Å². The van der Waals surface area contributed by atoms with Gasteiger partial charge in [-0.15, -0.1) is 0 Å². The lowest BCUT2D eigenvalue weighted by Crippen LogP contribution is -2.37. The number of hydrogen-bond acceptors (Lipinski definition) is 5. The standard InChI is InChI=1S/C28H29NO5/c1-5-29-23-8-6-7-9-25(23)33-26-15-10-20(18-24(26)29)19(2)16-17-32-21-11-13-22(14-12-21)34-28(3,4)27(30)31/h6-16,18H,5,17H2,1-4H3,(H,30,31)/b19-16+. The van der Waals surface area contributed by atoms with Crippen molar-refractivity contribution in [3.05, 3.63) is 78.4 Å². The van der Waals surface area contributed by atoms with E-state index in [4.69, 9.17) is 14.2 Å². The molecule has 4 rings (SSSR count). The number of nitrogens with zero attached hydrogens (tertiary/aromatic N) is 1. The number of aliphatic carboxylic acids is 1. The maximum Gasteiger partial charge on any atom is 0.347 e. The summed E-state index contributed by atoms with van der Waals surface area (Å²) in [6, 6.07) is 21.2. The van der Waals surface area contributed by atoms with Crippen molar-refractivity contribution < 1.29 is 24.1 Å². The first-order chi connectivity index (χ1) is 16.3. The highest BCUT2D eigenvalue weighted by molar-refractivity contribution is 5.81. The molecular weight excluding hydrogens is 430 g/mol. The maximum atomic E-state index is 11.2. The van der Waals surface area contributed by atoms with Crippen LogP contribution in [0.4, 0.5) is 11.4 Å². The Bertz CT molecular complexity index is 1210. The van der Waals surface area contributed by atoms with Gasteiger partial charge in [0.25, 0.3) is 0 Å². The van der Waals surface area contributed by atoms with Crippen molar-refractivity contribution in [3.63, 3.8) is 0 Å². The molecule has 6 heteroatoms. The Balaban J connectivity index is 1.42. The van der Waals surface area contributed by atoms with Crippen molar-refractivity contribution in [1.82, 2.24) is 0 Å². The Labute approximate surface area is 200 Å². The number of anilines is 2. The van der Waals surface area contributed by atoms with Crippen LogP contribution in [-0.4, -0.2) is 29.8 Å². The molecule has 34 heavy (non-hydrogen) atoms. The summed E-state index contributed by atoms with van der Waals surface area (Å²) in [7, 11) is 0. The zero-order valence-corrected chi connectivity index (χ0v) is 19.9. The van der Waals surface area contributed by atoms with Gasteiger partial charge >= 0.3 is 5.97 Å². The quantitative estimate of drug-likeness (QED) is 0.405. The number of benzene rings is 3. The molecule has 0 bridgehead atoms. The molecule has 1 N–H and O–H groups in total. The van der Waals surface area contributed by atoms with Gasteiger partial charge in [0.05, 0.1) is 11.4 Å². The molecule has 176 valence electrons. The summed E-state index contributed by atoms with van der Waals surface area (Å²) in [5.74, 6) is 1.85. The maximum absolute atomic E-state index is 11.2. The van der Waals surface area contributed by atoms with Crippen LogP contribution in [0.3, 0.4) is 0 Å². The fourth-order valence-corrected chi connectivity index (χ4v) is 3.74. The molecule has 0 fully saturated rings. The van der Waals surface area contributed by atoms with Crippen LogP contribution in [0.25, 0.3) is 5.57 Å². The van der Waals surface area contributed by atoms with Crippen molar-refractivity contribution in [3.8, 4) is 23.0 Å². The van der Waals surface area contributed by atoms with Gasteiger partial charge in [0.1, 0.15) is 18.1 Å². The number of allylic oxidation sites excluding steroid dienone is 1. The molecule has 0 aromatic heterocycles. The molecule has 0 saturated heterocycles. The molecule has 0 saturated carbocycles. The van der Waals surface area contributed by atoms with Gasteiger partial charge in [0.2, 0.25) is 0 Å². The minimum atomic E-state index is -1.29. The molecule has 1 aliphatic heterocycles. The lowest BCUT2D eigenvalue weighted by molar-refractivity contribution is -0.152. The molecule has 0 spiro atoms. The van der Waals surface area contributed by atoms with Crippen molar-refractivity contribution >= 4 is 22.9 Å². The summed E-state index contributed by atoms with van der Waals surface area (Å²) in [6.45, 7) is 8.46. The number of hydrogen-bond donors (Lipinski definition) is 1. The van der Waals surface area contributed by atoms with Gasteiger partial charge in [-0.2, -0.15) is 0 Å². The lowest BCUT2D eigenvalue weighted by atomic mass is 10.0. The van der Waals surface area contributed by atoms with Crippen LogP contribution < -0.4 is 19.1 Å². The van der Waals surface area contributed by atoms with Gasteiger partial charge in [-0.25, -0.2) is 4.79 Å². The Morgan fingerprint density at radius 1 is 1.00 bits per heavy atom. The zero-order chi connectivity index (χ0) is 24.3. The van der Waals surface area contributed by atoms with Crippen LogP contribution in [0.5, 0.6) is 23.0 Å². The predicted molar refractivity (Wildman–Crippen MR) is 134 cm³/mol. The van der Waals surface area contributed by atoms with Gasteiger partial charge in [-0.1, -0.05) is 18.2 Å². The van der Waals surface area contributed by atoms with Crippen LogP contribution >= 0.6 is 0 Å². The molecule has 0 unspecified atom stereocenters. The van der Waals surface area contributed by atoms with E-state index in [1.54, 1.807) is 24.3 Å². The summed E-state index contributed by atoms with van der Waals surface area (Å²) in [6.07, 6.45) is 2.04. The smallest absolute Gasteiger partial charge is 0.347 e. The summed E-state index contributed by atoms with van der Waals surface area (Å²) in [5, 5.41) is 9.19. The van der Waals surface area contributed by atoms with E-state index in [1.165, 1.54) is 13.8 Å². The van der Waals surface area contributed by atoms with Crippen LogP contribution in [0.1, 0.15) is 33.3 Å². The van der Waals surface area contributed by atoms with E-state index in [-0.39, 0.29) is 0 Å². The average Bonchev–Trinajstić information content (AvgIpc) is 2.83. The summed E-state index contributed by atoms with van der Waals surface area (Å²) < 4.78 is 17.5. The first kappa shape index (κ1) is 23.2. The van der Waals surface area contributed by atoms with Gasteiger partial charge in [0, 0.05) is 6.54 Å². The number of carboxylic acids is 1. The van der Waals surface area contributed by atoms with Crippen molar-refractivity contribution in [2.24, 2.45) is 0 Å².